The van der Waals surface area contributed by atoms with Crippen LogP contribution in [0.3, 0.4) is 0 Å². The van der Waals surface area contributed by atoms with Crippen molar-refractivity contribution < 1.29 is 9.53 Å². The highest BCUT2D eigenvalue weighted by Crippen LogP contribution is 2.27. The Morgan fingerprint density at radius 1 is 1.47 bits per heavy atom. The standard InChI is InChI=1S/C11H22N2O2/c1-8(2)15-11(14)13-10(7-12)9-5-3-4-6-9/h8-10H,3-7,12H2,1-2H3,(H,13,14). The number of alkyl carbamates (subject to hydrolysis) is 1. The van der Waals surface area contributed by atoms with Crippen molar-refractivity contribution in [3.05, 3.63) is 0 Å². The van der Waals surface area contributed by atoms with Crippen LogP contribution in [-0.2, 0) is 4.74 Å². The summed E-state index contributed by atoms with van der Waals surface area (Å²) in [6.45, 7) is 4.18. The van der Waals surface area contributed by atoms with Gasteiger partial charge in [0.05, 0.1) is 6.10 Å². The number of hydrogen-bond acceptors (Lipinski definition) is 3. The van der Waals surface area contributed by atoms with Gasteiger partial charge >= 0.3 is 6.09 Å². The van der Waals surface area contributed by atoms with Crippen LogP contribution in [0.25, 0.3) is 0 Å². The summed E-state index contributed by atoms with van der Waals surface area (Å²) in [4.78, 5) is 11.4. The van der Waals surface area contributed by atoms with Gasteiger partial charge in [-0.1, -0.05) is 12.8 Å². The maximum atomic E-state index is 11.4. The summed E-state index contributed by atoms with van der Waals surface area (Å²) in [5.41, 5.74) is 5.66. The molecule has 1 amide bonds. The summed E-state index contributed by atoms with van der Waals surface area (Å²) in [5, 5.41) is 2.85. The van der Waals surface area contributed by atoms with Crippen molar-refractivity contribution in [3.8, 4) is 0 Å². The summed E-state index contributed by atoms with van der Waals surface area (Å²) in [7, 11) is 0. The number of nitrogens with two attached hydrogens (primary N) is 1. The first-order valence-electron chi connectivity index (χ1n) is 5.80. The minimum absolute atomic E-state index is 0.0768. The van der Waals surface area contributed by atoms with E-state index in [0.717, 1.165) is 0 Å². The molecule has 1 aliphatic rings. The number of carbonyl (C=O) groups excluding carboxylic acids is 1. The molecule has 0 bridgehead atoms. The van der Waals surface area contributed by atoms with Crippen LogP contribution in [0.15, 0.2) is 0 Å². The predicted octanol–water partition coefficient (Wildman–Crippen LogP) is 1.64. The van der Waals surface area contributed by atoms with Gasteiger partial charge in [-0.25, -0.2) is 4.79 Å². The first kappa shape index (κ1) is 12.3. The number of rotatable bonds is 4. The van der Waals surface area contributed by atoms with Crippen molar-refractivity contribution in [2.45, 2.75) is 51.7 Å². The first-order chi connectivity index (χ1) is 7.13. The summed E-state index contributed by atoms with van der Waals surface area (Å²) < 4.78 is 5.04. The van der Waals surface area contributed by atoms with Crippen molar-refractivity contribution in [1.82, 2.24) is 5.32 Å². The number of ether oxygens (including phenoxy) is 1. The van der Waals surface area contributed by atoms with E-state index >= 15 is 0 Å². The molecule has 15 heavy (non-hydrogen) atoms. The molecule has 4 heteroatoms. The Labute approximate surface area is 91.5 Å². The third kappa shape index (κ3) is 4.08. The number of hydrogen-bond donors (Lipinski definition) is 2. The number of amides is 1. The Morgan fingerprint density at radius 2 is 2.07 bits per heavy atom. The second kappa shape index (κ2) is 5.95. The van der Waals surface area contributed by atoms with Crippen LogP contribution in [0, 0.1) is 5.92 Å². The lowest BCUT2D eigenvalue weighted by atomic mass is 9.98. The smallest absolute Gasteiger partial charge is 0.407 e. The second-order valence-corrected chi connectivity index (χ2v) is 4.49. The highest BCUT2D eigenvalue weighted by molar-refractivity contribution is 5.67. The highest BCUT2D eigenvalue weighted by Gasteiger charge is 2.25. The molecular formula is C11H22N2O2. The number of nitrogens with one attached hydrogen (secondary N) is 1. The highest BCUT2D eigenvalue weighted by atomic mass is 16.6. The Bertz CT molecular complexity index is 201. The monoisotopic (exact) mass is 214 g/mol. The van der Waals surface area contributed by atoms with Gasteiger partial charge in [-0.3, -0.25) is 0 Å². The van der Waals surface area contributed by atoms with Crippen LogP contribution in [0.2, 0.25) is 0 Å². The van der Waals surface area contributed by atoms with E-state index in [2.05, 4.69) is 5.32 Å². The second-order valence-electron chi connectivity index (χ2n) is 4.49. The summed E-state index contributed by atoms with van der Waals surface area (Å²) in [5.74, 6) is 0.537. The Hall–Kier alpha value is -0.770. The van der Waals surface area contributed by atoms with Gasteiger partial charge in [-0.2, -0.15) is 0 Å². The van der Waals surface area contributed by atoms with Gasteiger partial charge in [0.1, 0.15) is 0 Å². The molecule has 0 saturated heterocycles. The molecule has 0 heterocycles. The molecule has 1 aliphatic carbocycles. The van der Waals surface area contributed by atoms with Crippen molar-refractivity contribution in [2.75, 3.05) is 6.54 Å². The van der Waals surface area contributed by atoms with E-state index in [-0.39, 0.29) is 18.2 Å². The van der Waals surface area contributed by atoms with Crippen LogP contribution in [0.5, 0.6) is 0 Å². The van der Waals surface area contributed by atoms with Crippen LogP contribution in [0.4, 0.5) is 4.79 Å². The maximum absolute atomic E-state index is 11.4. The molecule has 0 aliphatic heterocycles. The average Bonchev–Trinajstić information content (AvgIpc) is 2.65. The lowest BCUT2D eigenvalue weighted by Gasteiger charge is -2.23. The third-order valence-electron chi connectivity index (χ3n) is 2.87. The Kier molecular flexibility index (Phi) is 4.88. The predicted molar refractivity (Wildman–Crippen MR) is 59.6 cm³/mol. The molecule has 0 aromatic carbocycles. The SMILES string of the molecule is CC(C)OC(=O)NC(CN)C1CCCC1. The van der Waals surface area contributed by atoms with Gasteiger partial charge in [0.15, 0.2) is 0 Å². The topological polar surface area (TPSA) is 64.3 Å². The van der Waals surface area contributed by atoms with E-state index in [1.807, 2.05) is 13.8 Å². The molecule has 88 valence electrons. The maximum Gasteiger partial charge on any atom is 0.407 e. The van der Waals surface area contributed by atoms with Crippen LogP contribution in [0.1, 0.15) is 39.5 Å². The van der Waals surface area contributed by atoms with Crippen molar-refractivity contribution in [1.29, 1.82) is 0 Å². The van der Waals surface area contributed by atoms with E-state index in [1.54, 1.807) is 0 Å². The number of carbonyl (C=O) groups is 1. The van der Waals surface area contributed by atoms with Gasteiger partial charge in [0.2, 0.25) is 0 Å². The van der Waals surface area contributed by atoms with Crippen molar-refractivity contribution in [2.24, 2.45) is 11.7 Å². The minimum atomic E-state index is -0.340. The quantitative estimate of drug-likeness (QED) is 0.747. The molecule has 1 atom stereocenters. The zero-order chi connectivity index (χ0) is 11.3. The van der Waals surface area contributed by atoms with E-state index in [9.17, 15) is 4.79 Å². The first-order valence-corrected chi connectivity index (χ1v) is 5.80. The lowest BCUT2D eigenvalue weighted by Crippen LogP contribution is -2.45. The molecule has 0 aromatic rings. The molecule has 1 rings (SSSR count). The van der Waals surface area contributed by atoms with Gasteiger partial charge in [0.25, 0.3) is 0 Å². The largest absolute Gasteiger partial charge is 0.447 e. The molecule has 3 N–H and O–H groups in total. The van der Waals surface area contributed by atoms with E-state index in [0.29, 0.717) is 12.5 Å². The molecule has 1 unspecified atom stereocenters. The summed E-state index contributed by atoms with van der Waals surface area (Å²) >= 11 is 0. The summed E-state index contributed by atoms with van der Waals surface area (Å²) in [6, 6.07) is 0.0822. The van der Waals surface area contributed by atoms with Crippen LogP contribution >= 0.6 is 0 Å². The van der Waals surface area contributed by atoms with Crippen LogP contribution < -0.4 is 11.1 Å². The molecule has 0 radical (unpaired) electrons. The zero-order valence-electron chi connectivity index (χ0n) is 9.66. The fourth-order valence-corrected chi connectivity index (χ4v) is 2.13. The molecule has 0 aromatic heterocycles. The minimum Gasteiger partial charge on any atom is -0.447 e. The molecule has 1 saturated carbocycles. The van der Waals surface area contributed by atoms with Gasteiger partial charge in [-0.15, -0.1) is 0 Å². The normalized spacial score (nSPS) is 19.2. The Morgan fingerprint density at radius 3 is 2.53 bits per heavy atom. The fraction of sp³-hybridized carbons (Fsp3) is 0.909. The van der Waals surface area contributed by atoms with E-state index < -0.39 is 0 Å². The van der Waals surface area contributed by atoms with Gasteiger partial charge in [0, 0.05) is 12.6 Å². The molecule has 0 spiro atoms. The van der Waals surface area contributed by atoms with Crippen molar-refractivity contribution >= 4 is 6.09 Å². The van der Waals surface area contributed by atoms with Crippen LogP contribution in [-0.4, -0.2) is 24.8 Å². The average molecular weight is 214 g/mol. The molecular weight excluding hydrogens is 192 g/mol. The lowest BCUT2D eigenvalue weighted by molar-refractivity contribution is 0.109. The zero-order valence-corrected chi connectivity index (χ0v) is 9.66. The Balaban J connectivity index is 2.35. The summed E-state index contributed by atoms with van der Waals surface area (Å²) in [6.07, 6.45) is 4.43. The third-order valence-corrected chi connectivity index (χ3v) is 2.87. The van der Waals surface area contributed by atoms with Gasteiger partial charge in [-0.05, 0) is 32.6 Å². The molecule has 1 fully saturated rings. The van der Waals surface area contributed by atoms with Gasteiger partial charge < -0.3 is 15.8 Å². The van der Waals surface area contributed by atoms with E-state index in [1.165, 1.54) is 25.7 Å². The fourth-order valence-electron chi connectivity index (χ4n) is 2.13. The van der Waals surface area contributed by atoms with E-state index in [4.69, 9.17) is 10.5 Å². The molecule has 4 nitrogen and oxygen atoms in total. The van der Waals surface area contributed by atoms with Crippen molar-refractivity contribution in [3.63, 3.8) is 0 Å².